The molecule has 3 rings (SSSR count). The third-order valence-corrected chi connectivity index (χ3v) is 6.78. The van der Waals surface area contributed by atoms with E-state index in [1.165, 1.54) is 34.8 Å². The van der Waals surface area contributed by atoms with Crippen molar-refractivity contribution >= 4 is 31.6 Å². The summed E-state index contributed by atoms with van der Waals surface area (Å²) in [7, 11) is -7.58. The van der Waals surface area contributed by atoms with Crippen LogP contribution in [0.3, 0.4) is 0 Å². The second-order valence-electron chi connectivity index (χ2n) is 5.38. The fraction of sp³-hybridized carbons (Fsp3) is 0.214. The van der Waals surface area contributed by atoms with Crippen LogP contribution in [0.15, 0.2) is 46.3 Å². The zero-order chi connectivity index (χ0) is 17.5. The summed E-state index contributed by atoms with van der Waals surface area (Å²) in [4.78, 5) is 3.80. The van der Waals surface area contributed by atoms with Crippen LogP contribution in [-0.2, 0) is 33.0 Å². The molecular weight excluding hydrogens is 374 g/mol. The summed E-state index contributed by atoms with van der Waals surface area (Å²) in [6.07, 6.45) is 1.69. The predicted molar refractivity (Wildman–Crippen MR) is 88.4 cm³/mol. The minimum absolute atomic E-state index is 0.0337. The van der Waals surface area contributed by atoms with E-state index in [4.69, 9.17) is 16.7 Å². The number of aromatic nitrogens is 1. The Morgan fingerprint density at radius 2 is 1.75 bits per heavy atom. The lowest BCUT2D eigenvalue weighted by Crippen LogP contribution is -2.36. The van der Waals surface area contributed by atoms with Crippen LogP contribution in [0, 0.1) is 0 Å². The van der Waals surface area contributed by atoms with E-state index < -0.39 is 20.0 Å². The number of primary sulfonamides is 1. The summed E-state index contributed by atoms with van der Waals surface area (Å²) in [5.41, 5.74) is 1.53. The van der Waals surface area contributed by atoms with Crippen molar-refractivity contribution in [3.8, 4) is 0 Å². The average Bonchev–Trinajstić information content (AvgIpc) is 2.53. The van der Waals surface area contributed by atoms with Gasteiger partial charge in [-0.15, -0.1) is 0 Å². The summed E-state index contributed by atoms with van der Waals surface area (Å²) in [6, 6.07) is 7.32. The van der Waals surface area contributed by atoms with Crippen LogP contribution < -0.4 is 5.14 Å². The zero-order valence-electron chi connectivity index (χ0n) is 12.4. The molecule has 0 spiro atoms. The number of nitrogens with zero attached hydrogens (tertiary/aromatic N) is 2. The van der Waals surface area contributed by atoms with Crippen LogP contribution >= 0.6 is 11.6 Å². The summed E-state index contributed by atoms with van der Waals surface area (Å²) in [5.74, 6) is 0. The van der Waals surface area contributed by atoms with Gasteiger partial charge in [0.2, 0.25) is 20.0 Å². The van der Waals surface area contributed by atoms with Crippen molar-refractivity contribution in [2.24, 2.45) is 5.14 Å². The molecule has 128 valence electrons. The van der Waals surface area contributed by atoms with E-state index in [0.717, 1.165) is 5.56 Å². The standard InChI is InChI=1S/C14H14ClN3O4S2/c15-14-4-3-13(8-17-14)24(21,22)18-6-5-10-1-2-12(23(16,19)20)7-11(10)9-18/h1-4,7-8H,5-6,9H2,(H2,16,19,20). The van der Waals surface area contributed by atoms with E-state index >= 15 is 0 Å². The monoisotopic (exact) mass is 387 g/mol. The van der Waals surface area contributed by atoms with Gasteiger partial charge in [-0.25, -0.2) is 27.0 Å². The molecule has 1 aliphatic heterocycles. The summed E-state index contributed by atoms with van der Waals surface area (Å²) >= 11 is 5.69. The van der Waals surface area contributed by atoms with E-state index in [-0.39, 0.29) is 21.5 Å². The van der Waals surface area contributed by atoms with Crippen LogP contribution in [-0.4, -0.2) is 32.7 Å². The van der Waals surface area contributed by atoms with Crippen LogP contribution in [0.25, 0.3) is 0 Å². The van der Waals surface area contributed by atoms with Crippen molar-refractivity contribution in [2.45, 2.75) is 22.8 Å². The van der Waals surface area contributed by atoms with Gasteiger partial charge in [0.05, 0.1) is 4.90 Å². The summed E-state index contributed by atoms with van der Waals surface area (Å²) in [6.45, 7) is 0.371. The van der Waals surface area contributed by atoms with E-state index in [1.54, 1.807) is 6.07 Å². The average molecular weight is 388 g/mol. The van der Waals surface area contributed by atoms with Crippen molar-refractivity contribution in [3.05, 3.63) is 52.8 Å². The van der Waals surface area contributed by atoms with E-state index in [1.807, 2.05) is 0 Å². The molecule has 2 aromatic rings. The number of hydrogen-bond acceptors (Lipinski definition) is 5. The third-order valence-electron chi connectivity index (χ3n) is 3.82. The Balaban J connectivity index is 1.95. The second-order valence-corrected chi connectivity index (χ2v) is 9.27. The number of hydrogen-bond donors (Lipinski definition) is 1. The van der Waals surface area contributed by atoms with Crippen molar-refractivity contribution in [1.29, 1.82) is 0 Å². The molecule has 0 unspecified atom stereocenters. The van der Waals surface area contributed by atoms with Crippen molar-refractivity contribution in [3.63, 3.8) is 0 Å². The Labute approximate surface area is 145 Å². The number of halogens is 1. The highest BCUT2D eigenvalue weighted by Gasteiger charge is 2.29. The van der Waals surface area contributed by atoms with Gasteiger partial charge in [-0.1, -0.05) is 17.7 Å². The molecule has 0 atom stereocenters. The Bertz CT molecular complexity index is 989. The quantitative estimate of drug-likeness (QED) is 0.793. The fourth-order valence-electron chi connectivity index (χ4n) is 2.55. The molecule has 1 aromatic carbocycles. The number of benzene rings is 1. The number of rotatable bonds is 3. The van der Waals surface area contributed by atoms with E-state index in [0.29, 0.717) is 18.5 Å². The normalized spacial score (nSPS) is 15.9. The topological polar surface area (TPSA) is 110 Å². The van der Waals surface area contributed by atoms with Gasteiger partial charge in [-0.2, -0.15) is 4.31 Å². The lowest BCUT2D eigenvalue weighted by Gasteiger charge is -2.28. The molecule has 0 aliphatic carbocycles. The smallest absolute Gasteiger partial charge is 0.243 e. The molecule has 0 bridgehead atoms. The molecule has 2 N–H and O–H groups in total. The van der Waals surface area contributed by atoms with Gasteiger partial charge >= 0.3 is 0 Å². The SMILES string of the molecule is NS(=O)(=O)c1ccc2c(c1)CN(S(=O)(=O)c1ccc(Cl)nc1)CC2. The van der Waals surface area contributed by atoms with Crippen LogP contribution in [0.1, 0.15) is 11.1 Å². The number of sulfonamides is 2. The maximum absolute atomic E-state index is 12.7. The van der Waals surface area contributed by atoms with E-state index in [2.05, 4.69) is 4.98 Å². The highest BCUT2D eigenvalue weighted by Crippen LogP contribution is 2.26. The summed E-state index contributed by atoms with van der Waals surface area (Å²) in [5, 5.41) is 5.34. The zero-order valence-corrected chi connectivity index (χ0v) is 14.8. The molecule has 0 saturated heterocycles. The highest BCUT2D eigenvalue weighted by molar-refractivity contribution is 7.89. The van der Waals surface area contributed by atoms with Crippen molar-refractivity contribution in [1.82, 2.24) is 9.29 Å². The Morgan fingerprint density at radius 1 is 1.04 bits per heavy atom. The molecular formula is C14H14ClN3O4S2. The Hall–Kier alpha value is -1.52. The molecule has 0 radical (unpaired) electrons. The van der Waals surface area contributed by atoms with Crippen molar-refractivity contribution in [2.75, 3.05) is 6.54 Å². The molecule has 1 aromatic heterocycles. The summed E-state index contributed by atoms with van der Waals surface area (Å²) < 4.78 is 49.6. The lowest BCUT2D eigenvalue weighted by atomic mass is 10.0. The first-order valence-corrected chi connectivity index (χ1v) is 10.3. The van der Waals surface area contributed by atoms with Gasteiger partial charge in [0.1, 0.15) is 10.0 Å². The van der Waals surface area contributed by atoms with Gasteiger partial charge < -0.3 is 0 Å². The van der Waals surface area contributed by atoms with Crippen LogP contribution in [0.4, 0.5) is 0 Å². The first kappa shape index (κ1) is 17.3. The van der Waals surface area contributed by atoms with Gasteiger partial charge in [0.15, 0.2) is 0 Å². The highest BCUT2D eigenvalue weighted by atomic mass is 35.5. The minimum atomic E-state index is -3.84. The molecule has 10 heteroatoms. The molecule has 7 nitrogen and oxygen atoms in total. The van der Waals surface area contributed by atoms with Gasteiger partial charge in [-0.3, -0.25) is 0 Å². The Kier molecular flexibility index (Phi) is 4.39. The molecule has 2 heterocycles. The number of fused-ring (bicyclic) bond motifs is 1. The number of nitrogens with two attached hydrogens (primary N) is 1. The largest absolute Gasteiger partial charge is 0.244 e. The lowest BCUT2D eigenvalue weighted by molar-refractivity contribution is 0.390. The minimum Gasteiger partial charge on any atom is -0.243 e. The fourth-order valence-corrected chi connectivity index (χ4v) is 4.59. The molecule has 0 saturated carbocycles. The maximum atomic E-state index is 12.7. The van der Waals surface area contributed by atoms with Gasteiger partial charge in [0, 0.05) is 19.3 Å². The first-order valence-electron chi connectivity index (χ1n) is 6.94. The molecule has 1 aliphatic rings. The second kappa shape index (κ2) is 6.08. The predicted octanol–water partition coefficient (Wildman–Crippen LogP) is 1.13. The van der Waals surface area contributed by atoms with Crippen LogP contribution in [0.5, 0.6) is 0 Å². The van der Waals surface area contributed by atoms with Crippen molar-refractivity contribution < 1.29 is 16.8 Å². The molecule has 0 amide bonds. The van der Waals surface area contributed by atoms with Crippen LogP contribution in [0.2, 0.25) is 5.15 Å². The Morgan fingerprint density at radius 3 is 2.38 bits per heavy atom. The molecule has 0 fully saturated rings. The maximum Gasteiger partial charge on any atom is 0.244 e. The van der Waals surface area contributed by atoms with Gasteiger partial charge in [0.25, 0.3) is 0 Å². The molecule has 24 heavy (non-hydrogen) atoms. The first-order chi connectivity index (χ1) is 11.2. The number of pyridine rings is 1. The van der Waals surface area contributed by atoms with Gasteiger partial charge in [-0.05, 0) is 41.8 Å². The van der Waals surface area contributed by atoms with E-state index in [9.17, 15) is 16.8 Å². The third kappa shape index (κ3) is 3.31.